The molecule has 0 aliphatic rings. The molecule has 0 atom stereocenters. The molecule has 1 aromatic carbocycles. The Labute approximate surface area is 173 Å². The van der Waals surface area contributed by atoms with Crippen LogP contribution in [0.2, 0.25) is 0 Å². The first-order valence-electron chi connectivity index (χ1n) is 9.30. The summed E-state index contributed by atoms with van der Waals surface area (Å²) in [5.41, 5.74) is 4.48. The van der Waals surface area contributed by atoms with Gasteiger partial charge in [-0.15, -0.1) is 11.3 Å². The molecule has 2 heterocycles. The average molecular weight is 414 g/mol. The van der Waals surface area contributed by atoms with Gasteiger partial charge in [0.05, 0.1) is 37.9 Å². The number of carbonyl (C=O) groups excluding carboxylic acids is 1. The van der Waals surface area contributed by atoms with Crippen LogP contribution in [-0.4, -0.2) is 39.9 Å². The maximum atomic E-state index is 11.5. The standard InChI is InChI=1S/C20H23N5O3S/c1-2-27-19(26)12-17-14-29-20(23-17)24-22-13-16-4-6-18(7-5-16)28-11-3-9-25-10-8-21-15-25/h4-8,10,13-15H,2-3,9,11-12H2,1H3,(H,23,24). The number of hydrazone groups is 1. The van der Waals surface area contributed by atoms with Gasteiger partial charge in [0.1, 0.15) is 5.75 Å². The van der Waals surface area contributed by atoms with Gasteiger partial charge >= 0.3 is 5.97 Å². The van der Waals surface area contributed by atoms with E-state index >= 15 is 0 Å². The molecular weight excluding hydrogens is 390 g/mol. The van der Waals surface area contributed by atoms with Crippen LogP contribution < -0.4 is 10.2 Å². The van der Waals surface area contributed by atoms with E-state index in [4.69, 9.17) is 9.47 Å². The molecule has 0 saturated carbocycles. The Balaban J connectivity index is 1.39. The zero-order chi connectivity index (χ0) is 20.3. The third-order valence-electron chi connectivity index (χ3n) is 3.83. The van der Waals surface area contributed by atoms with E-state index in [1.807, 2.05) is 40.4 Å². The van der Waals surface area contributed by atoms with Gasteiger partial charge in [0.2, 0.25) is 5.13 Å². The quantitative estimate of drug-likeness (QED) is 0.224. The van der Waals surface area contributed by atoms with Crippen LogP contribution in [0.1, 0.15) is 24.6 Å². The lowest BCUT2D eigenvalue weighted by molar-refractivity contribution is -0.142. The zero-order valence-electron chi connectivity index (χ0n) is 16.2. The number of esters is 1. The smallest absolute Gasteiger partial charge is 0.311 e. The van der Waals surface area contributed by atoms with E-state index in [0.29, 0.717) is 24.0 Å². The topological polar surface area (TPSA) is 90.6 Å². The van der Waals surface area contributed by atoms with Gasteiger partial charge in [-0.25, -0.2) is 9.97 Å². The summed E-state index contributed by atoms with van der Waals surface area (Å²) in [7, 11) is 0. The number of carbonyl (C=O) groups is 1. The number of ether oxygens (including phenoxy) is 2. The van der Waals surface area contributed by atoms with E-state index in [2.05, 4.69) is 20.5 Å². The Kier molecular flexibility index (Phi) is 7.76. The molecule has 0 unspecified atom stereocenters. The van der Waals surface area contributed by atoms with Crippen molar-refractivity contribution in [3.05, 3.63) is 59.6 Å². The molecule has 0 amide bonds. The van der Waals surface area contributed by atoms with E-state index < -0.39 is 0 Å². The fraction of sp³-hybridized carbons (Fsp3) is 0.300. The SMILES string of the molecule is CCOC(=O)Cc1csc(NN=Cc2ccc(OCCCn3ccnc3)cc2)n1. The summed E-state index contributed by atoms with van der Waals surface area (Å²) in [6, 6.07) is 7.70. The van der Waals surface area contributed by atoms with Crippen LogP contribution in [0.15, 0.2) is 53.5 Å². The molecule has 3 rings (SSSR count). The lowest BCUT2D eigenvalue weighted by atomic mass is 10.2. The molecule has 0 aliphatic heterocycles. The molecule has 0 aliphatic carbocycles. The molecule has 0 spiro atoms. The molecule has 2 aromatic heterocycles. The lowest BCUT2D eigenvalue weighted by Gasteiger charge is -2.06. The molecule has 152 valence electrons. The number of nitrogens with zero attached hydrogens (tertiary/aromatic N) is 4. The highest BCUT2D eigenvalue weighted by atomic mass is 32.1. The van der Waals surface area contributed by atoms with E-state index in [-0.39, 0.29) is 12.4 Å². The summed E-state index contributed by atoms with van der Waals surface area (Å²) in [4.78, 5) is 19.8. The molecular formula is C20H23N5O3S. The average Bonchev–Trinajstić information content (AvgIpc) is 3.39. The second kappa shape index (κ2) is 11.0. The molecule has 8 nitrogen and oxygen atoms in total. The van der Waals surface area contributed by atoms with Crippen LogP contribution in [0.25, 0.3) is 0 Å². The first-order valence-corrected chi connectivity index (χ1v) is 10.2. The van der Waals surface area contributed by atoms with Gasteiger partial charge in [-0.2, -0.15) is 5.10 Å². The number of rotatable bonds is 11. The number of anilines is 1. The van der Waals surface area contributed by atoms with Crippen LogP contribution in [-0.2, 0) is 22.5 Å². The Hall–Kier alpha value is -3.20. The monoisotopic (exact) mass is 413 g/mol. The van der Waals surface area contributed by atoms with Gasteiger partial charge in [0, 0.05) is 24.3 Å². The van der Waals surface area contributed by atoms with Gasteiger partial charge in [-0.3, -0.25) is 10.2 Å². The third kappa shape index (κ3) is 7.04. The van der Waals surface area contributed by atoms with Crippen molar-refractivity contribution in [2.75, 3.05) is 18.6 Å². The molecule has 9 heteroatoms. The summed E-state index contributed by atoms with van der Waals surface area (Å²) in [6.07, 6.45) is 8.29. The number of aryl methyl sites for hydroxylation is 1. The first kappa shape index (κ1) is 20.5. The van der Waals surface area contributed by atoms with E-state index in [1.54, 1.807) is 25.7 Å². The molecule has 0 radical (unpaired) electrons. The van der Waals surface area contributed by atoms with Crippen LogP contribution in [0.4, 0.5) is 5.13 Å². The molecule has 3 aromatic rings. The van der Waals surface area contributed by atoms with Crippen molar-refractivity contribution in [3.8, 4) is 5.75 Å². The second-order valence-electron chi connectivity index (χ2n) is 6.07. The number of nitrogens with one attached hydrogen (secondary N) is 1. The number of aromatic nitrogens is 3. The summed E-state index contributed by atoms with van der Waals surface area (Å²) in [6.45, 7) is 3.68. The van der Waals surface area contributed by atoms with E-state index in [9.17, 15) is 4.79 Å². The van der Waals surface area contributed by atoms with Gasteiger partial charge in [0.25, 0.3) is 0 Å². The third-order valence-corrected chi connectivity index (χ3v) is 4.62. The van der Waals surface area contributed by atoms with Crippen molar-refractivity contribution in [2.24, 2.45) is 5.10 Å². The highest BCUT2D eigenvalue weighted by Gasteiger charge is 2.07. The lowest BCUT2D eigenvalue weighted by Crippen LogP contribution is -2.07. The van der Waals surface area contributed by atoms with Crippen LogP contribution in [0, 0.1) is 0 Å². The number of hydrogen-bond acceptors (Lipinski definition) is 8. The normalized spacial score (nSPS) is 10.9. The zero-order valence-corrected chi connectivity index (χ0v) is 17.0. The minimum Gasteiger partial charge on any atom is -0.494 e. The minimum absolute atomic E-state index is 0.166. The largest absolute Gasteiger partial charge is 0.494 e. The van der Waals surface area contributed by atoms with E-state index in [1.165, 1.54) is 11.3 Å². The van der Waals surface area contributed by atoms with Gasteiger partial charge in [0.15, 0.2) is 0 Å². The molecule has 29 heavy (non-hydrogen) atoms. The summed E-state index contributed by atoms with van der Waals surface area (Å²) in [5, 5.41) is 6.62. The van der Waals surface area contributed by atoms with Gasteiger partial charge in [-0.1, -0.05) is 0 Å². The number of hydrogen-bond donors (Lipinski definition) is 1. The Morgan fingerprint density at radius 1 is 1.34 bits per heavy atom. The van der Waals surface area contributed by atoms with Gasteiger partial charge < -0.3 is 14.0 Å². The van der Waals surface area contributed by atoms with Crippen molar-refractivity contribution in [2.45, 2.75) is 26.3 Å². The van der Waals surface area contributed by atoms with Crippen molar-refractivity contribution in [1.29, 1.82) is 0 Å². The Bertz CT molecular complexity index is 907. The maximum Gasteiger partial charge on any atom is 0.311 e. The first-order chi connectivity index (χ1) is 14.2. The Morgan fingerprint density at radius 2 is 2.21 bits per heavy atom. The predicted octanol–water partition coefficient (Wildman–Crippen LogP) is 3.36. The predicted molar refractivity (Wildman–Crippen MR) is 112 cm³/mol. The van der Waals surface area contributed by atoms with Crippen molar-refractivity contribution >= 4 is 28.7 Å². The summed E-state index contributed by atoms with van der Waals surface area (Å²) < 4.78 is 12.7. The number of thiazole rings is 1. The number of benzene rings is 1. The second-order valence-corrected chi connectivity index (χ2v) is 6.93. The fourth-order valence-electron chi connectivity index (χ4n) is 2.47. The molecule has 0 saturated heterocycles. The van der Waals surface area contributed by atoms with Crippen LogP contribution in [0.3, 0.4) is 0 Å². The molecule has 0 bridgehead atoms. The number of imidazole rings is 1. The highest BCUT2D eigenvalue weighted by molar-refractivity contribution is 7.13. The van der Waals surface area contributed by atoms with Crippen LogP contribution in [0.5, 0.6) is 5.75 Å². The minimum atomic E-state index is -0.281. The van der Waals surface area contributed by atoms with Crippen molar-refractivity contribution < 1.29 is 14.3 Å². The molecule has 0 fully saturated rings. The maximum absolute atomic E-state index is 11.5. The van der Waals surface area contributed by atoms with Crippen molar-refractivity contribution in [1.82, 2.24) is 14.5 Å². The van der Waals surface area contributed by atoms with Gasteiger partial charge in [-0.05, 0) is 43.2 Å². The van der Waals surface area contributed by atoms with Crippen molar-refractivity contribution in [3.63, 3.8) is 0 Å². The summed E-state index contributed by atoms with van der Waals surface area (Å²) in [5.74, 6) is 0.543. The summed E-state index contributed by atoms with van der Waals surface area (Å²) >= 11 is 1.39. The Morgan fingerprint density at radius 3 is 2.97 bits per heavy atom. The highest BCUT2D eigenvalue weighted by Crippen LogP contribution is 2.16. The molecule has 1 N–H and O–H groups in total. The fourth-order valence-corrected chi connectivity index (χ4v) is 3.13. The van der Waals surface area contributed by atoms with E-state index in [0.717, 1.165) is 24.3 Å². The van der Waals surface area contributed by atoms with Crippen LogP contribution >= 0.6 is 11.3 Å².